The van der Waals surface area contributed by atoms with Crippen LogP contribution in [-0.2, 0) is 0 Å². The third-order valence-electron chi connectivity index (χ3n) is 0. The van der Waals surface area contributed by atoms with E-state index >= 15 is 0 Å². The second kappa shape index (κ2) is 15.7. The Morgan fingerprint density at radius 2 is 1.10 bits per heavy atom. The molecule has 0 aliphatic rings. The zero-order valence-corrected chi connectivity index (χ0v) is 5.71. The molecule has 0 aromatic heterocycles. The first kappa shape index (κ1) is 15.9. The highest BCUT2D eigenvalue weighted by Crippen LogP contribution is 1.67. The predicted octanol–water partition coefficient (Wildman–Crippen LogP) is 1.93. The minimum Gasteiger partial charge on any atom is -0.469 e. The molecule has 6 heteroatoms. The molecular formula is C4H7ClO5. The van der Waals surface area contributed by atoms with Gasteiger partial charge in [0, 0.05) is 11.6 Å². The summed E-state index contributed by atoms with van der Waals surface area (Å²) in [6.45, 7) is 6.00. The SMILES string of the molecule is C=C.O=C(O)Cl.O=C(O)O. The molecule has 0 spiro atoms. The van der Waals surface area contributed by atoms with Gasteiger partial charge in [-0.3, -0.25) is 0 Å². The molecule has 10 heavy (non-hydrogen) atoms. The van der Waals surface area contributed by atoms with Crippen LogP contribution < -0.4 is 0 Å². The van der Waals surface area contributed by atoms with Gasteiger partial charge in [-0.05, 0) is 0 Å². The first-order valence-corrected chi connectivity index (χ1v) is 2.15. The van der Waals surface area contributed by atoms with Crippen molar-refractivity contribution in [3.8, 4) is 0 Å². The number of halogens is 1. The van der Waals surface area contributed by atoms with E-state index in [0.717, 1.165) is 0 Å². The molecule has 0 saturated heterocycles. The van der Waals surface area contributed by atoms with Crippen molar-refractivity contribution in [2.45, 2.75) is 0 Å². The van der Waals surface area contributed by atoms with Crippen molar-refractivity contribution in [1.82, 2.24) is 0 Å². The van der Waals surface area contributed by atoms with Crippen molar-refractivity contribution in [3.05, 3.63) is 13.2 Å². The topological polar surface area (TPSA) is 94.8 Å². The van der Waals surface area contributed by atoms with Gasteiger partial charge < -0.3 is 15.3 Å². The molecule has 0 unspecified atom stereocenters. The van der Waals surface area contributed by atoms with Gasteiger partial charge in [0.2, 0.25) is 0 Å². The Labute approximate surface area is 62.2 Å². The van der Waals surface area contributed by atoms with E-state index in [9.17, 15) is 0 Å². The third-order valence-corrected chi connectivity index (χ3v) is 0. The molecule has 0 rings (SSSR count). The van der Waals surface area contributed by atoms with Crippen LogP contribution in [0.3, 0.4) is 0 Å². The zero-order chi connectivity index (χ0) is 9.15. The molecule has 0 aliphatic heterocycles. The number of hydrogen-bond acceptors (Lipinski definition) is 2. The molecule has 0 bridgehead atoms. The fourth-order valence-corrected chi connectivity index (χ4v) is 0. The smallest absolute Gasteiger partial charge is 0.469 e. The van der Waals surface area contributed by atoms with Gasteiger partial charge in [-0.15, -0.1) is 13.2 Å². The predicted molar refractivity (Wildman–Crippen MR) is 35.8 cm³/mol. The molecule has 0 amide bonds. The van der Waals surface area contributed by atoms with Crippen LogP contribution in [0.25, 0.3) is 0 Å². The molecule has 0 aromatic carbocycles. The van der Waals surface area contributed by atoms with E-state index in [-0.39, 0.29) is 0 Å². The van der Waals surface area contributed by atoms with E-state index in [1.165, 1.54) is 0 Å². The molecule has 0 aliphatic carbocycles. The van der Waals surface area contributed by atoms with Gasteiger partial charge in [0.15, 0.2) is 0 Å². The largest absolute Gasteiger partial charge is 0.503 e. The first-order valence-electron chi connectivity index (χ1n) is 1.77. The lowest BCUT2D eigenvalue weighted by Crippen LogP contribution is -1.81. The standard InChI is InChI=1S/C2H4.CHClO2.CH2O3/c1-2;2*2-1(3)4/h1-2H2;(H,3,4);(H2,2,3,4). The third kappa shape index (κ3) is 149. The summed E-state index contributed by atoms with van der Waals surface area (Å²) in [5, 5.41) is 21.1. The van der Waals surface area contributed by atoms with Crippen LogP contribution in [0.1, 0.15) is 0 Å². The van der Waals surface area contributed by atoms with Gasteiger partial charge in [-0.25, -0.2) is 9.59 Å². The molecule has 3 N–H and O–H groups in total. The maximum atomic E-state index is 8.77. The second-order valence-corrected chi connectivity index (χ2v) is 0.859. The maximum Gasteiger partial charge on any atom is 0.503 e. The molecule has 0 atom stereocenters. The highest BCUT2D eigenvalue weighted by molar-refractivity contribution is 6.60. The summed E-state index contributed by atoms with van der Waals surface area (Å²) >= 11 is 4.19. The molecule has 0 fully saturated rings. The number of rotatable bonds is 0. The van der Waals surface area contributed by atoms with Gasteiger partial charge in [0.25, 0.3) is 0 Å². The Balaban J connectivity index is -0.0000000787. The lowest BCUT2D eigenvalue weighted by atomic mass is 11.3. The van der Waals surface area contributed by atoms with Crippen molar-refractivity contribution in [2.24, 2.45) is 0 Å². The Morgan fingerprint density at radius 3 is 1.10 bits per heavy atom. The summed E-state index contributed by atoms with van der Waals surface area (Å²) < 4.78 is 0. The summed E-state index contributed by atoms with van der Waals surface area (Å²) in [7, 11) is 0. The summed E-state index contributed by atoms with van der Waals surface area (Å²) in [6, 6.07) is 0. The fraction of sp³-hybridized carbons (Fsp3) is 0. The van der Waals surface area contributed by atoms with Crippen LogP contribution in [0.15, 0.2) is 13.2 Å². The molecule has 5 nitrogen and oxygen atoms in total. The van der Waals surface area contributed by atoms with Crippen LogP contribution in [0.5, 0.6) is 0 Å². The lowest BCUT2D eigenvalue weighted by molar-refractivity contribution is 0.137. The first-order chi connectivity index (χ1) is 4.46. The second-order valence-electron chi connectivity index (χ2n) is 0.536. The van der Waals surface area contributed by atoms with Crippen LogP contribution in [-0.4, -0.2) is 26.9 Å². The van der Waals surface area contributed by atoms with Crippen LogP contribution in [0.4, 0.5) is 9.59 Å². The summed E-state index contributed by atoms with van der Waals surface area (Å²) in [4.78, 5) is 17.3. The average Bonchev–Trinajstić information content (AvgIpc) is 1.66. The molecule has 0 heterocycles. The summed E-state index contributed by atoms with van der Waals surface area (Å²) in [6.07, 6.45) is -1.83. The van der Waals surface area contributed by atoms with Crippen molar-refractivity contribution >= 4 is 23.2 Å². The number of carbonyl (C=O) groups is 2. The van der Waals surface area contributed by atoms with E-state index in [1.807, 2.05) is 0 Å². The van der Waals surface area contributed by atoms with E-state index in [2.05, 4.69) is 24.8 Å². The molecule has 0 saturated carbocycles. The Hall–Kier alpha value is -1.23. The van der Waals surface area contributed by atoms with Crippen molar-refractivity contribution < 1.29 is 24.9 Å². The van der Waals surface area contributed by atoms with Crippen LogP contribution in [0.2, 0.25) is 0 Å². The van der Waals surface area contributed by atoms with Crippen molar-refractivity contribution in [2.75, 3.05) is 0 Å². The maximum absolute atomic E-state index is 8.77. The van der Waals surface area contributed by atoms with E-state index in [1.54, 1.807) is 0 Å². The highest BCUT2D eigenvalue weighted by atomic mass is 35.5. The Morgan fingerprint density at radius 1 is 1.10 bits per heavy atom. The van der Waals surface area contributed by atoms with Crippen molar-refractivity contribution in [1.29, 1.82) is 0 Å². The summed E-state index contributed by atoms with van der Waals surface area (Å²) in [5.74, 6) is 0. The van der Waals surface area contributed by atoms with Gasteiger partial charge in [0.1, 0.15) is 0 Å². The number of hydrogen-bond donors (Lipinski definition) is 3. The normalized spacial score (nSPS) is 5.30. The van der Waals surface area contributed by atoms with Crippen LogP contribution >= 0.6 is 11.6 Å². The van der Waals surface area contributed by atoms with Gasteiger partial charge in [0.05, 0.1) is 0 Å². The van der Waals surface area contributed by atoms with Crippen molar-refractivity contribution in [3.63, 3.8) is 0 Å². The molecule has 0 aromatic rings. The zero-order valence-electron chi connectivity index (χ0n) is 4.95. The lowest BCUT2D eigenvalue weighted by Gasteiger charge is -1.60. The fourth-order valence-electron chi connectivity index (χ4n) is 0. The monoisotopic (exact) mass is 170 g/mol. The van der Waals surface area contributed by atoms with Gasteiger partial charge >= 0.3 is 11.6 Å². The van der Waals surface area contributed by atoms with Gasteiger partial charge in [-0.2, -0.15) is 0 Å². The average molecular weight is 171 g/mol. The van der Waals surface area contributed by atoms with E-state index in [4.69, 9.17) is 24.9 Å². The van der Waals surface area contributed by atoms with E-state index in [0.29, 0.717) is 0 Å². The molecular weight excluding hydrogens is 163 g/mol. The summed E-state index contributed by atoms with van der Waals surface area (Å²) in [5.41, 5.74) is -1.36. The molecule has 0 radical (unpaired) electrons. The highest BCUT2D eigenvalue weighted by Gasteiger charge is 1.71. The minimum atomic E-state index is -1.83. The Bertz CT molecular complexity index is 81.8. The van der Waals surface area contributed by atoms with Crippen LogP contribution in [0, 0.1) is 0 Å². The minimum absolute atomic E-state index is 1.36. The van der Waals surface area contributed by atoms with Gasteiger partial charge in [-0.1, -0.05) is 0 Å². The van der Waals surface area contributed by atoms with E-state index < -0.39 is 11.6 Å². The molecule has 60 valence electrons. The number of carboxylic acid groups (broad SMARTS) is 3. The Kier molecular flexibility index (Phi) is 24.9. The quantitative estimate of drug-likeness (QED) is 0.381.